The summed E-state index contributed by atoms with van der Waals surface area (Å²) in [5, 5.41) is 3.28. The van der Waals surface area contributed by atoms with Crippen LogP contribution in [0.15, 0.2) is 18.3 Å². The lowest BCUT2D eigenvalue weighted by molar-refractivity contribution is 0.286. The van der Waals surface area contributed by atoms with Crippen LogP contribution in [0.2, 0.25) is 0 Å². The third kappa shape index (κ3) is 4.00. The number of pyridine rings is 1. The fourth-order valence-corrected chi connectivity index (χ4v) is 2.96. The number of halogens is 1. The van der Waals surface area contributed by atoms with E-state index < -0.39 is 0 Å². The molecule has 0 amide bonds. The van der Waals surface area contributed by atoms with Crippen molar-refractivity contribution in [2.75, 3.05) is 26.7 Å². The molecular formula is C16H26FN3. The first-order chi connectivity index (χ1) is 9.60. The summed E-state index contributed by atoms with van der Waals surface area (Å²) in [6.45, 7) is 8.12. The van der Waals surface area contributed by atoms with Crippen molar-refractivity contribution in [3.63, 3.8) is 0 Å². The van der Waals surface area contributed by atoms with E-state index in [-0.39, 0.29) is 11.9 Å². The fourth-order valence-electron chi connectivity index (χ4n) is 2.96. The number of nitrogens with one attached hydrogen (secondary N) is 1. The third-order valence-corrected chi connectivity index (χ3v) is 4.44. The maximum atomic E-state index is 12.9. The van der Waals surface area contributed by atoms with Crippen LogP contribution in [0.4, 0.5) is 4.39 Å². The Morgan fingerprint density at radius 2 is 2.25 bits per heavy atom. The molecule has 112 valence electrons. The topological polar surface area (TPSA) is 28.2 Å². The lowest BCUT2D eigenvalue weighted by Crippen LogP contribution is -2.27. The molecule has 1 aromatic heterocycles. The Labute approximate surface area is 121 Å². The molecule has 3 nitrogen and oxygen atoms in total. The highest BCUT2D eigenvalue weighted by Crippen LogP contribution is 2.24. The first kappa shape index (κ1) is 15.4. The SMILES string of the molecule is CNC(CCN1CCC(C(C)C)C1)c1ccc(F)cn1. The molecule has 0 radical (unpaired) electrons. The Hall–Kier alpha value is -1.00. The molecule has 4 heteroatoms. The van der Waals surface area contributed by atoms with Crippen LogP contribution in [0.5, 0.6) is 0 Å². The molecule has 2 rings (SSSR count). The summed E-state index contributed by atoms with van der Waals surface area (Å²) in [7, 11) is 1.94. The molecule has 0 spiro atoms. The summed E-state index contributed by atoms with van der Waals surface area (Å²) in [4.78, 5) is 6.72. The summed E-state index contributed by atoms with van der Waals surface area (Å²) in [6, 6.07) is 3.46. The van der Waals surface area contributed by atoms with Crippen molar-refractivity contribution < 1.29 is 4.39 Å². The summed E-state index contributed by atoms with van der Waals surface area (Å²) in [6.07, 6.45) is 3.63. The highest BCUT2D eigenvalue weighted by atomic mass is 19.1. The van der Waals surface area contributed by atoms with E-state index in [1.54, 1.807) is 6.07 Å². The second-order valence-corrected chi connectivity index (χ2v) is 6.12. The summed E-state index contributed by atoms with van der Waals surface area (Å²) < 4.78 is 12.9. The van der Waals surface area contributed by atoms with Crippen LogP contribution in [0.3, 0.4) is 0 Å². The van der Waals surface area contributed by atoms with E-state index in [4.69, 9.17) is 0 Å². The molecule has 2 atom stereocenters. The quantitative estimate of drug-likeness (QED) is 0.868. The minimum Gasteiger partial charge on any atom is -0.312 e. The van der Waals surface area contributed by atoms with Gasteiger partial charge in [0.1, 0.15) is 5.82 Å². The predicted octanol–water partition coefficient (Wildman–Crippen LogP) is 2.85. The molecular weight excluding hydrogens is 253 g/mol. The number of hydrogen-bond donors (Lipinski definition) is 1. The van der Waals surface area contributed by atoms with Crippen molar-refractivity contribution in [1.29, 1.82) is 0 Å². The highest BCUT2D eigenvalue weighted by molar-refractivity contribution is 5.09. The molecule has 0 aliphatic carbocycles. The summed E-state index contributed by atoms with van der Waals surface area (Å²) >= 11 is 0. The van der Waals surface area contributed by atoms with Crippen molar-refractivity contribution in [3.05, 3.63) is 29.8 Å². The van der Waals surface area contributed by atoms with E-state index >= 15 is 0 Å². The van der Waals surface area contributed by atoms with Gasteiger partial charge >= 0.3 is 0 Å². The number of rotatable bonds is 6. The van der Waals surface area contributed by atoms with E-state index in [9.17, 15) is 4.39 Å². The average molecular weight is 279 g/mol. The fraction of sp³-hybridized carbons (Fsp3) is 0.688. The Balaban J connectivity index is 1.84. The molecule has 1 N–H and O–H groups in total. The molecule has 2 heterocycles. The van der Waals surface area contributed by atoms with Gasteiger partial charge in [-0.2, -0.15) is 0 Å². The zero-order chi connectivity index (χ0) is 14.5. The molecule has 1 aliphatic rings. The van der Waals surface area contributed by atoms with Gasteiger partial charge in [0.05, 0.1) is 17.9 Å². The Morgan fingerprint density at radius 1 is 1.45 bits per heavy atom. The molecule has 1 fully saturated rings. The minimum atomic E-state index is -0.275. The lowest BCUT2D eigenvalue weighted by atomic mass is 9.95. The van der Waals surface area contributed by atoms with Crippen LogP contribution in [0, 0.1) is 17.7 Å². The van der Waals surface area contributed by atoms with Crippen LogP contribution in [0.25, 0.3) is 0 Å². The predicted molar refractivity (Wildman–Crippen MR) is 80.0 cm³/mol. The second kappa shape index (κ2) is 7.14. The first-order valence-corrected chi connectivity index (χ1v) is 7.61. The van der Waals surface area contributed by atoms with E-state index in [0.29, 0.717) is 0 Å². The largest absolute Gasteiger partial charge is 0.312 e. The number of nitrogens with zero attached hydrogens (tertiary/aromatic N) is 2. The number of likely N-dealkylation sites (tertiary alicyclic amines) is 1. The van der Waals surface area contributed by atoms with Gasteiger partial charge in [0.2, 0.25) is 0 Å². The normalized spacial score (nSPS) is 21.6. The van der Waals surface area contributed by atoms with Gasteiger partial charge in [0.15, 0.2) is 0 Å². The van der Waals surface area contributed by atoms with Crippen LogP contribution in [-0.4, -0.2) is 36.6 Å². The lowest BCUT2D eigenvalue weighted by Gasteiger charge is -2.21. The molecule has 1 saturated heterocycles. The van der Waals surface area contributed by atoms with E-state index in [0.717, 1.165) is 30.5 Å². The summed E-state index contributed by atoms with van der Waals surface area (Å²) in [5.74, 6) is 1.34. The van der Waals surface area contributed by atoms with Gasteiger partial charge in [-0.05, 0) is 50.4 Å². The van der Waals surface area contributed by atoms with Gasteiger partial charge in [0.25, 0.3) is 0 Å². The first-order valence-electron chi connectivity index (χ1n) is 7.61. The standard InChI is InChI=1S/C16H26FN3/c1-12(2)13-6-8-20(11-13)9-7-15(18-3)16-5-4-14(17)10-19-16/h4-5,10,12-13,15,18H,6-9,11H2,1-3H3. The smallest absolute Gasteiger partial charge is 0.141 e. The summed E-state index contributed by atoms with van der Waals surface area (Å²) in [5.41, 5.74) is 0.925. The van der Waals surface area contributed by atoms with Crippen molar-refractivity contribution in [1.82, 2.24) is 15.2 Å². The van der Waals surface area contributed by atoms with Crippen LogP contribution >= 0.6 is 0 Å². The second-order valence-electron chi connectivity index (χ2n) is 6.12. The Kier molecular flexibility index (Phi) is 5.49. The van der Waals surface area contributed by atoms with Gasteiger partial charge in [0, 0.05) is 13.1 Å². The molecule has 20 heavy (non-hydrogen) atoms. The van der Waals surface area contributed by atoms with Crippen LogP contribution < -0.4 is 5.32 Å². The van der Waals surface area contributed by atoms with Gasteiger partial charge in [-0.25, -0.2) is 4.39 Å². The van der Waals surface area contributed by atoms with Gasteiger partial charge in [-0.1, -0.05) is 13.8 Å². The molecule has 0 aromatic carbocycles. The van der Waals surface area contributed by atoms with E-state index in [2.05, 4.69) is 29.0 Å². The number of hydrogen-bond acceptors (Lipinski definition) is 3. The molecule has 1 aromatic rings. The Morgan fingerprint density at radius 3 is 2.80 bits per heavy atom. The molecule has 2 unspecified atom stereocenters. The van der Waals surface area contributed by atoms with Crippen molar-refractivity contribution >= 4 is 0 Å². The maximum absolute atomic E-state index is 12.9. The average Bonchev–Trinajstić information content (AvgIpc) is 2.90. The highest BCUT2D eigenvalue weighted by Gasteiger charge is 2.25. The number of aromatic nitrogens is 1. The maximum Gasteiger partial charge on any atom is 0.141 e. The van der Waals surface area contributed by atoms with Crippen molar-refractivity contribution in [2.45, 2.75) is 32.7 Å². The van der Waals surface area contributed by atoms with E-state index in [1.165, 1.54) is 31.8 Å². The van der Waals surface area contributed by atoms with Gasteiger partial charge in [-0.15, -0.1) is 0 Å². The third-order valence-electron chi connectivity index (χ3n) is 4.44. The minimum absolute atomic E-state index is 0.202. The van der Waals surface area contributed by atoms with Gasteiger partial charge in [-0.3, -0.25) is 4.98 Å². The Bertz CT molecular complexity index is 405. The van der Waals surface area contributed by atoms with Crippen LogP contribution in [0.1, 0.15) is 38.4 Å². The van der Waals surface area contributed by atoms with Crippen molar-refractivity contribution in [2.24, 2.45) is 11.8 Å². The molecule has 0 saturated carbocycles. The zero-order valence-corrected chi connectivity index (χ0v) is 12.8. The van der Waals surface area contributed by atoms with E-state index in [1.807, 2.05) is 7.05 Å². The zero-order valence-electron chi connectivity index (χ0n) is 12.8. The van der Waals surface area contributed by atoms with Crippen LogP contribution in [-0.2, 0) is 0 Å². The molecule has 0 bridgehead atoms. The molecule has 1 aliphatic heterocycles. The van der Waals surface area contributed by atoms with Crippen molar-refractivity contribution in [3.8, 4) is 0 Å². The monoisotopic (exact) mass is 279 g/mol. The van der Waals surface area contributed by atoms with Gasteiger partial charge < -0.3 is 10.2 Å².